The van der Waals surface area contributed by atoms with E-state index in [0.717, 1.165) is 32.8 Å². The molecule has 2 aliphatic heterocycles. The molecule has 184 valence electrons. The number of aliphatic imine (C=N–C) groups is 1. The summed E-state index contributed by atoms with van der Waals surface area (Å²) in [5.74, 6) is -0.435. The van der Waals surface area contributed by atoms with E-state index in [-0.39, 0.29) is 22.5 Å². The summed E-state index contributed by atoms with van der Waals surface area (Å²) in [7, 11) is 0. The zero-order chi connectivity index (χ0) is 25.6. The number of aryl methyl sites for hydroxylation is 2. The number of hydrazone groups is 1. The number of alkyl halides is 3. The number of ether oxygens (including phenoxy) is 1. The predicted molar refractivity (Wildman–Crippen MR) is 134 cm³/mol. The smallest absolute Gasteiger partial charge is 0.441 e. The minimum Gasteiger partial charge on any atom is -0.491 e. The molecule has 0 fully saturated rings. The topological polar surface area (TPSA) is 83.0 Å². The number of hydrogen-bond acceptors (Lipinski definition) is 5. The normalized spacial score (nSPS) is 17.0. The molecule has 5 rings (SSSR count). The SMILES string of the molecule is Cc1ccc(OCCn2cc(/C=C3\C(=N)N4N=C(C(F)(F)F)SC4=NC3=O)c3ccccc32)c(C)c1. The Balaban J connectivity index is 1.43. The molecule has 0 saturated carbocycles. The monoisotopic (exact) mass is 511 g/mol. The molecule has 0 unspecified atom stereocenters. The summed E-state index contributed by atoms with van der Waals surface area (Å²) < 4.78 is 47.2. The molecule has 3 heterocycles. The summed E-state index contributed by atoms with van der Waals surface area (Å²) in [6.07, 6.45) is -1.39. The van der Waals surface area contributed by atoms with E-state index < -0.39 is 23.0 Å². The van der Waals surface area contributed by atoms with Crippen LogP contribution < -0.4 is 4.74 Å². The molecular weight excluding hydrogens is 491 g/mol. The van der Waals surface area contributed by atoms with Crippen molar-refractivity contribution < 1.29 is 22.7 Å². The third-order valence-electron chi connectivity index (χ3n) is 5.74. The van der Waals surface area contributed by atoms with Crippen LogP contribution in [-0.2, 0) is 11.3 Å². The van der Waals surface area contributed by atoms with Gasteiger partial charge in [-0.2, -0.15) is 28.3 Å². The quantitative estimate of drug-likeness (QED) is 0.458. The van der Waals surface area contributed by atoms with Crippen LogP contribution >= 0.6 is 11.8 Å². The fourth-order valence-electron chi connectivity index (χ4n) is 4.05. The highest BCUT2D eigenvalue weighted by atomic mass is 32.2. The van der Waals surface area contributed by atoms with Gasteiger partial charge in [-0.1, -0.05) is 35.9 Å². The molecule has 2 aliphatic rings. The van der Waals surface area contributed by atoms with Crippen LogP contribution in [-0.4, -0.2) is 44.3 Å². The summed E-state index contributed by atoms with van der Waals surface area (Å²) in [5, 5.41) is 11.9. The first kappa shape index (κ1) is 23.9. The zero-order valence-electron chi connectivity index (χ0n) is 19.3. The van der Waals surface area contributed by atoms with Crippen molar-refractivity contribution in [3.05, 3.63) is 70.9 Å². The Morgan fingerprint density at radius 2 is 1.94 bits per heavy atom. The lowest BCUT2D eigenvalue weighted by atomic mass is 10.1. The van der Waals surface area contributed by atoms with Gasteiger partial charge < -0.3 is 9.30 Å². The average Bonchev–Trinajstić information content (AvgIpc) is 3.40. The van der Waals surface area contributed by atoms with Gasteiger partial charge in [0.2, 0.25) is 10.2 Å². The van der Waals surface area contributed by atoms with Gasteiger partial charge in [0.15, 0.2) is 5.84 Å². The second kappa shape index (κ2) is 8.98. The average molecular weight is 512 g/mol. The van der Waals surface area contributed by atoms with Crippen molar-refractivity contribution in [3.63, 3.8) is 0 Å². The maximum atomic E-state index is 13.1. The Morgan fingerprint density at radius 1 is 1.17 bits per heavy atom. The third kappa shape index (κ3) is 4.41. The van der Waals surface area contributed by atoms with Crippen molar-refractivity contribution in [2.75, 3.05) is 6.61 Å². The molecule has 1 N–H and O–H groups in total. The number of hydrogen-bond donors (Lipinski definition) is 1. The third-order valence-corrected chi connectivity index (χ3v) is 6.69. The van der Waals surface area contributed by atoms with E-state index in [1.807, 2.05) is 61.0 Å². The maximum absolute atomic E-state index is 13.1. The van der Waals surface area contributed by atoms with E-state index >= 15 is 0 Å². The first-order valence-electron chi connectivity index (χ1n) is 11.0. The summed E-state index contributed by atoms with van der Waals surface area (Å²) in [5.41, 5.74) is 3.59. The Kier molecular flexibility index (Phi) is 5.95. The van der Waals surface area contributed by atoms with Crippen LogP contribution in [0.4, 0.5) is 13.2 Å². The first-order valence-corrected chi connectivity index (χ1v) is 11.8. The lowest BCUT2D eigenvalue weighted by Gasteiger charge is -2.20. The van der Waals surface area contributed by atoms with Gasteiger partial charge in [0.05, 0.1) is 12.1 Å². The van der Waals surface area contributed by atoms with Gasteiger partial charge in [0.1, 0.15) is 12.4 Å². The molecule has 2 aromatic carbocycles. The highest BCUT2D eigenvalue weighted by Crippen LogP contribution is 2.35. The Hall–Kier alpha value is -3.86. The molecule has 1 amide bonds. The van der Waals surface area contributed by atoms with E-state index in [4.69, 9.17) is 10.1 Å². The van der Waals surface area contributed by atoms with Crippen molar-refractivity contribution in [1.29, 1.82) is 5.41 Å². The minimum absolute atomic E-state index is 0.138. The van der Waals surface area contributed by atoms with E-state index in [1.165, 1.54) is 6.08 Å². The number of carbonyl (C=O) groups excluding carboxylic acids is 1. The molecule has 0 atom stereocenters. The lowest BCUT2D eigenvalue weighted by molar-refractivity contribution is -0.114. The number of benzene rings is 2. The molecule has 0 aliphatic carbocycles. The van der Waals surface area contributed by atoms with Gasteiger partial charge in [-0.3, -0.25) is 10.2 Å². The van der Waals surface area contributed by atoms with Crippen LogP contribution in [0.1, 0.15) is 16.7 Å². The molecule has 36 heavy (non-hydrogen) atoms. The number of para-hydroxylation sites is 1. The number of amides is 1. The number of thioether (sulfide) groups is 1. The zero-order valence-corrected chi connectivity index (χ0v) is 20.1. The van der Waals surface area contributed by atoms with Crippen molar-refractivity contribution in [1.82, 2.24) is 9.58 Å². The molecule has 0 radical (unpaired) electrons. The number of nitrogens with one attached hydrogen (secondary N) is 1. The predicted octanol–water partition coefficient (Wildman–Crippen LogP) is 5.52. The highest BCUT2D eigenvalue weighted by molar-refractivity contribution is 8.27. The number of rotatable bonds is 5. The number of amidine groups is 2. The van der Waals surface area contributed by atoms with E-state index in [0.29, 0.717) is 18.7 Å². The van der Waals surface area contributed by atoms with Crippen LogP contribution in [0.15, 0.2) is 64.3 Å². The summed E-state index contributed by atoms with van der Waals surface area (Å²) in [6.45, 7) is 4.93. The van der Waals surface area contributed by atoms with Crippen LogP contribution in [0.25, 0.3) is 17.0 Å². The van der Waals surface area contributed by atoms with Gasteiger partial charge in [0.25, 0.3) is 5.91 Å². The number of aromatic nitrogens is 1. The van der Waals surface area contributed by atoms with Crippen LogP contribution in [0.3, 0.4) is 0 Å². The van der Waals surface area contributed by atoms with E-state index in [9.17, 15) is 18.0 Å². The van der Waals surface area contributed by atoms with Gasteiger partial charge in [-0.15, -0.1) is 0 Å². The van der Waals surface area contributed by atoms with Crippen LogP contribution in [0.2, 0.25) is 0 Å². The number of fused-ring (bicyclic) bond motifs is 2. The number of nitrogens with zero attached hydrogens (tertiary/aromatic N) is 4. The van der Waals surface area contributed by atoms with Crippen molar-refractivity contribution in [2.24, 2.45) is 10.1 Å². The van der Waals surface area contributed by atoms with Crippen LogP contribution in [0, 0.1) is 19.3 Å². The molecule has 1 aromatic heterocycles. The van der Waals surface area contributed by atoms with Gasteiger partial charge in [0, 0.05) is 22.7 Å². The molecule has 0 spiro atoms. The van der Waals surface area contributed by atoms with Gasteiger partial charge in [-0.05, 0) is 49.4 Å². The van der Waals surface area contributed by atoms with Crippen LogP contribution in [0.5, 0.6) is 5.75 Å². The lowest BCUT2D eigenvalue weighted by Crippen LogP contribution is -2.35. The summed E-state index contributed by atoms with van der Waals surface area (Å²) in [6, 6.07) is 13.5. The van der Waals surface area contributed by atoms with E-state index in [2.05, 4.69) is 16.2 Å². The summed E-state index contributed by atoms with van der Waals surface area (Å²) >= 11 is 0.227. The highest BCUT2D eigenvalue weighted by Gasteiger charge is 2.46. The van der Waals surface area contributed by atoms with Gasteiger partial charge in [-0.25, -0.2) is 0 Å². The molecular formula is C25H20F3N5O2S. The Morgan fingerprint density at radius 3 is 2.69 bits per heavy atom. The molecule has 3 aromatic rings. The number of halogens is 3. The molecule has 11 heteroatoms. The molecule has 0 saturated heterocycles. The first-order chi connectivity index (χ1) is 17.1. The Labute approximate surface area is 208 Å². The van der Waals surface area contributed by atoms with E-state index in [1.54, 1.807) is 0 Å². The minimum atomic E-state index is -4.69. The maximum Gasteiger partial charge on any atom is 0.441 e. The second-order valence-corrected chi connectivity index (χ2v) is 9.29. The summed E-state index contributed by atoms with van der Waals surface area (Å²) in [4.78, 5) is 16.4. The van der Waals surface area contributed by atoms with Crippen molar-refractivity contribution >= 4 is 50.7 Å². The van der Waals surface area contributed by atoms with Crippen molar-refractivity contribution in [3.8, 4) is 5.75 Å². The van der Waals surface area contributed by atoms with Crippen molar-refractivity contribution in [2.45, 2.75) is 26.6 Å². The Bertz CT molecular complexity index is 1500. The van der Waals surface area contributed by atoms with Gasteiger partial charge >= 0.3 is 6.18 Å². The second-order valence-electron chi connectivity index (χ2n) is 8.34. The standard InChI is InChI=1S/C25H20F3N5O2S/c1-14-7-8-20(15(2)11-14)35-10-9-32-13-16(17-5-3-4-6-19(17)32)12-18-21(29)33-24(30-22(18)34)36-23(31-33)25(26,27)28/h3-8,11-13,29H,9-10H2,1-2H3/b18-12+,29-21?. The fraction of sp³-hybridized carbons (Fsp3) is 0.200. The largest absolute Gasteiger partial charge is 0.491 e. The molecule has 7 nitrogen and oxygen atoms in total. The number of carbonyl (C=O) groups is 1. The fourth-order valence-corrected chi connectivity index (χ4v) is 4.81. The molecule has 0 bridgehead atoms.